The maximum Gasteiger partial charge on any atom is 0.185 e. The molecule has 5 heteroatoms. The lowest BCUT2D eigenvalue weighted by molar-refractivity contribution is 1.07. The molecule has 0 aliphatic rings. The molecule has 1 aromatic heterocycles. The van der Waals surface area contributed by atoms with Crippen LogP contribution in [-0.4, -0.2) is 23.6 Å². The van der Waals surface area contributed by atoms with Crippen molar-refractivity contribution in [2.45, 2.75) is 0 Å². The number of nitrogens with zero attached hydrogens (tertiary/aromatic N) is 4. The van der Waals surface area contributed by atoms with Crippen molar-refractivity contribution in [2.24, 2.45) is 0 Å². The summed E-state index contributed by atoms with van der Waals surface area (Å²) in [4.78, 5) is 9.29. The van der Waals surface area contributed by atoms with Crippen molar-refractivity contribution < 1.29 is 0 Å². The number of rotatable bonds is 4. The molecular formula is C9H11N5. The summed E-state index contributed by atoms with van der Waals surface area (Å²) in [6.45, 7) is 4.21. The Hall–Kier alpha value is -2.09. The van der Waals surface area contributed by atoms with E-state index in [2.05, 4.69) is 21.9 Å². The van der Waals surface area contributed by atoms with Gasteiger partial charge in [-0.1, -0.05) is 6.08 Å². The van der Waals surface area contributed by atoms with Gasteiger partial charge in [-0.15, -0.1) is 6.58 Å². The van der Waals surface area contributed by atoms with Crippen molar-refractivity contribution in [3.63, 3.8) is 0 Å². The molecular weight excluding hydrogens is 178 g/mol. The van der Waals surface area contributed by atoms with Gasteiger partial charge >= 0.3 is 0 Å². The normalized spacial score (nSPS) is 8.86. The Morgan fingerprint density at radius 1 is 1.71 bits per heavy atom. The average molecular weight is 189 g/mol. The van der Waals surface area contributed by atoms with Crippen LogP contribution in [0.15, 0.2) is 25.0 Å². The summed E-state index contributed by atoms with van der Waals surface area (Å²) in [7, 11) is 1.64. The van der Waals surface area contributed by atoms with Gasteiger partial charge in [-0.05, 0) is 0 Å². The predicted octanol–water partition coefficient (Wildman–Crippen LogP) is 0.992. The molecule has 72 valence electrons. The lowest BCUT2D eigenvalue weighted by Crippen LogP contribution is -2.11. The Balaban J connectivity index is 2.79. The first kappa shape index (κ1) is 9.99. The van der Waals surface area contributed by atoms with Crippen LogP contribution >= 0.6 is 0 Å². The van der Waals surface area contributed by atoms with Crippen LogP contribution in [0.2, 0.25) is 0 Å². The van der Waals surface area contributed by atoms with Crippen LogP contribution in [0.4, 0.5) is 11.6 Å². The Morgan fingerprint density at radius 2 is 2.50 bits per heavy atom. The van der Waals surface area contributed by atoms with Gasteiger partial charge in [0.1, 0.15) is 18.0 Å². The molecule has 14 heavy (non-hydrogen) atoms. The monoisotopic (exact) mass is 189 g/mol. The van der Waals surface area contributed by atoms with Gasteiger partial charge in [0.25, 0.3) is 0 Å². The van der Waals surface area contributed by atoms with E-state index in [0.29, 0.717) is 18.2 Å². The minimum Gasteiger partial charge on any atom is -0.366 e. The summed E-state index contributed by atoms with van der Waals surface area (Å²) in [5.74, 6) is 1.24. The first-order valence-electron chi connectivity index (χ1n) is 4.08. The van der Waals surface area contributed by atoms with E-state index in [4.69, 9.17) is 5.26 Å². The van der Waals surface area contributed by atoms with Gasteiger partial charge in [0.05, 0.1) is 0 Å². The largest absolute Gasteiger partial charge is 0.366 e. The molecule has 0 fully saturated rings. The first-order chi connectivity index (χ1) is 6.77. The number of nitrogens with one attached hydrogen (secondary N) is 1. The summed E-state index contributed by atoms with van der Waals surface area (Å²) in [5.41, 5.74) is 0. The number of hydrogen-bond acceptors (Lipinski definition) is 5. The summed E-state index contributed by atoms with van der Waals surface area (Å²) in [6.07, 6.45) is 5.10. The summed E-state index contributed by atoms with van der Waals surface area (Å²) >= 11 is 0. The Bertz CT molecular complexity index is 354. The topological polar surface area (TPSA) is 64.8 Å². The van der Waals surface area contributed by atoms with E-state index < -0.39 is 0 Å². The molecule has 0 amide bonds. The highest BCUT2D eigenvalue weighted by Crippen LogP contribution is 2.11. The number of anilines is 2. The second-order valence-electron chi connectivity index (χ2n) is 2.59. The molecule has 0 aromatic carbocycles. The molecule has 0 radical (unpaired) electrons. The van der Waals surface area contributed by atoms with Crippen LogP contribution in [0, 0.1) is 11.5 Å². The number of nitriles is 1. The van der Waals surface area contributed by atoms with Crippen LogP contribution in [0.5, 0.6) is 0 Å². The van der Waals surface area contributed by atoms with Crippen molar-refractivity contribution >= 4 is 11.6 Å². The molecule has 0 aliphatic carbocycles. The molecule has 1 N–H and O–H groups in total. The van der Waals surface area contributed by atoms with Crippen LogP contribution in [0.1, 0.15) is 0 Å². The smallest absolute Gasteiger partial charge is 0.185 e. The van der Waals surface area contributed by atoms with Crippen molar-refractivity contribution in [1.29, 1.82) is 5.26 Å². The summed E-state index contributed by atoms with van der Waals surface area (Å²) in [6, 6.07) is 1.70. The number of hydrogen-bond donors (Lipinski definition) is 1. The molecule has 0 bridgehead atoms. The molecule has 0 aliphatic heterocycles. The second-order valence-corrected chi connectivity index (χ2v) is 2.59. The SMILES string of the molecule is C=CCNc1cc(N(C)C#N)ncn1. The molecule has 1 aromatic rings. The van der Waals surface area contributed by atoms with Crippen molar-refractivity contribution in [2.75, 3.05) is 23.8 Å². The number of aromatic nitrogens is 2. The average Bonchev–Trinajstić information content (AvgIpc) is 2.25. The Kier molecular flexibility index (Phi) is 3.44. The standard InChI is InChI=1S/C9H11N5/c1-3-4-11-8-5-9(13-7-12-8)14(2)6-10/h3,5,7H,1,4H2,2H3,(H,11,12,13). The van der Waals surface area contributed by atoms with Crippen molar-refractivity contribution in [3.05, 3.63) is 25.0 Å². The summed E-state index contributed by atoms with van der Waals surface area (Å²) < 4.78 is 0. The quantitative estimate of drug-likeness (QED) is 0.434. The van der Waals surface area contributed by atoms with E-state index in [0.717, 1.165) is 0 Å². The van der Waals surface area contributed by atoms with Gasteiger partial charge in [-0.3, -0.25) is 4.90 Å². The zero-order chi connectivity index (χ0) is 10.4. The molecule has 0 unspecified atom stereocenters. The third kappa shape index (κ3) is 2.45. The van der Waals surface area contributed by atoms with Gasteiger partial charge in [-0.25, -0.2) is 9.97 Å². The zero-order valence-electron chi connectivity index (χ0n) is 7.94. The van der Waals surface area contributed by atoms with Crippen LogP contribution < -0.4 is 10.2 Å². The van der Waals surface area contributed by atoms with Gasteiger partial charge in [0.2, 0.25) is 0 Å². The third-order valence-electron chi connectivity index (χ3n) is 1.57. The molecule has 1 rings (SSSR count). The molecule has 1 heterocycles. The summed E-state index contributed by atoms with van der Waals surface area (Å²) in [5, 5.41) is 11.6. The molecule has 0 saturated heterocycles. The predicted molar refractivity (Wildman–Crippen MR) is 54.7 cm³/mol. The van der Waals surface area contributed by atoms with Gasteiger partial charge in [-0.2, -0.15) is 5.26 Å². The third-order valence-corrected chi connectivity index (χ3v) is 1.57. The maximum absolute atomic E-state index is 8.63. The molecule has 0 spiro atoms. The molecule has 5 nitrogen and oxygen atoms in total. The van der Waals surface area contributed by atoms with E-state index in [1.165, 1.54) is 11.2 Å². The molecule has 0 atom stereocenters. The fourth-order valence-electron chi connectivity index (χ4n) is 0.855. The van der Waals surface area contributed by atoms with E-state index in [-0.39, 0.29) is 0 Å². The first-order valence-corrected chi connectivity index (χ1v) is 4.08. The second kappa shape index (κ2) is 4.82. The van der Waals surface area contributed by atoms with Crippen molar-refractivity contribution in [1.82, 2.24) is 9.97 Å². The highest BCUT2D eigenvalue weighted by atomic mass is 15.2. The van der Waals surface area contributed by atoms with Gasteiger partial charge in [0.15, 0.2) is 6.19 Å². The fraction of sp³-hybridized carbons (Fsp3) is 0.222. The lowest BCUT2D eigenvalue weighted by atomic mass is 10.5. The van der Waals surface area contributed by atoms with E-state index >= 15 is 0 Å². The van der Waals surface area contributed by atoms with E-state index in [1.54, 1.807) is 19.2 Å². The van der Waals surface area contributed by atoms with Crippen LogP contribution in [0.3, 0.4) is 0 Å². The minimum atomic E-state index is 0.564. The highest BCUT2D eigenvalue weighted by Gasteiger charge is 2.01. The van der Waals surface area contributed by atoms with E-state index in [9.17, 15) is 0 Å². The maximum atomic E-state index is 8.63. The van der Waals surface area contributed by atoms with E-state index in [1.807, 2.05) is 6.19 Å². The van der Waals surface area contributed by atoms with Gasteiger partial charge in [0, 0.05) is 19.7 Å². The Morgan fingerprint density at radius 3 is 3.14 bits per heavy atom. The van der Waals surface area contributed by atoms with Crippen molar-refractivity contribution in [3.8, 4) is 6.19 Å². The Labute approximate surface area is 82.7 Å². The minimum absolute atomic E-state index is 0.564. The zero-order valence-corrected chi connectivity index (χ0v) is 7.94. The van der Waals surface area contributed by atoms with Crippen LogP contribution in [0.25, 0.3) is 0 Å². The fourth-order valence-corrected chi connectivity index (χ4v) is 0.855. The highest BCUT2D eigenvalue weighted by molar-refractivity contribution is 5.50. The molecule has 0 saturated carbocycles. The van der Waals surface area contributed by atoms with Crippen LogP contribution in [-0.2, 0) is 0 Å². The van der Waals surface area contributed by atoms with Gasteiger partial charge < -0.3 is 5.32 Å². The lowest BCUT2D eigenvalue weighted by Gasteiger charge is -2.08.